The van der Waals surface area contributed by atoms with Crippen molar-refractivity contribution in [1.82, 2.24) is 19.9 Å². The van der Waals surface area contributed by atoms with E-state index in [9.17, 15) is 14.4 Å². The van der Waals surface area contributed by atoms with E-state index in [1.54, 1.807) is 12.3 Å². The summed E-state index contributed by atoms with van der Waals surface area (Å²) in [6.45, 7) is 3.58. The Labute approximate surface area is 179 Å². The van der Waals surface area contributed by atoms with E-state index in [1.807, 2.05) is 12.1 Å². The number of hydrogen-bond donors (Lipinski definition) is 1. The van der Waals surface area contributed by atoms with Crippen LogP contribution in [0.15, 0.2) is 41.3 Å². The molecule has 0 bridgehead atoms. The smallest absolute Gasteiger partial charge is 0.258 e. The molecule has 2 unspecified atom stereocenters. The second-order valence-electron chi connectivity index (χ2n) is 8.28. The zero-order chi connectivity index (χ0) is 21.4. The van der Waals surface area contributed by atoms with Gasteiger partial charge in [-0.3, -0.25) is 9.69 Å². The van der Waals surface area contributed by atoms with Gasteiger partial charge in [0.2, 0.25) is 0 Å². The van der Waals surface area contributed by atoms with Gasteiger partial charge in [0.1, 0.15) is 17.7 Å². The summed E-state index contributed by atoms with van der Waals surface area (Å²) in [5.41, 5.74) is 1.65. The third-order valence-electron chi connectivity index (χ3n) is 6.54. The molecule has 1 saturated carbocycles. The highest BCUT2D eigenvalue weighted by atomic mass is 19.1. The van der Waals surface area contributed by atoms with Crippen LogP contribution in [0.4, 0.5) is 10.1 Å². The lowest BCUT2D eigenvalue weighted by Crippen LogP contribution is -2.50. The van der Waals surface area contributed by atoms with Crippen molar-refractivity contribution in [1.29, 1.82) is 5.26 Å². The lowest BCUT2D eigenvalue weighted by molar-refractivity contribution is 0.186. The number of aromatic nitrogens is 3. The lowest BCUT2D eigenvalue weighted by atomic mass is 10.1. The number of anilines is 1. The van der Waals surface area contributed by atoms with Crippen molar-refractivity contribution in [3.63, 3.8) is 0 Å². The van der Waals surface area contributed by atoms with Gasteiger partial charge in [-0.25, -0.2) is 14.4 Å². The number of rotatable bonds is 3. The van der Waals surface area contributed by atoms with Crippen LogP contribution in [-0.2, 0) is 0 Å². The highest BCUT2D eigenvalue weighted by Gasteiger charge is 2.33. The number of aromatic amines is 1. The van der Waals surface area contributed by atoms with Crippen LogP contribution >= 0.6 is 0 Å². The normalized spacial score (nSPS) is 22.0. The molecule has 0 amide bonds. The fraction of sp³-hybridized carbons (Fsp3) is 0.391. The molecule has 0 spiro atoms. The average molecular weight is 418 g/mol. The van der Waals surface area contributed by atoms with Crippen molar-refractivity contribution in [3.05, 3.63) is 64.2 Å². The summed E-state index contributed by atoms with van der Waals surface area (Å²) in [6.07, 6.45) is 4.64. The third kappa shape index (κ3) is 3.77. The van der Waals surface area contributed by atoms with Crippen LogP contribution in [0.1, 0.15) is 36.7 Å². The molecular formula is C23H23FN6O. The van der Waals surface area contributed by atoms with Gasteiger partial charge in [-0.1, -0.05) is 0 Å². The van der Waals surface area contributed by atoms with Gasteiger partial charge in [0.15, 0.2) is 5.69 Å². The van der Waals surface area contributed by atoms with Crippen LogP contribution in [0.2, 0.25) is 0 Å². The molecule has 7 nitrogen and oxygen atoms in total. The number of nitriles is 1. The number of hydrogen-bond acceptors (Lipinski definition) is 6. The van der Waals surface area contributed by atoms with E-state index in [1.165, 1.54) is 12.1 Å². The predicted molar refractivity (Wildman–Crippen MR) is 115 cm³/mol. The molecule has 1 saturated heterocycles. The molecule has 3 aromatic rings. The molecule has 2 fully saturated rings. The highest BCUT2D eigenvalue weighted by molar-refractivity contribution is 5.77. The molecule has 8 heteroatoms. The number of nitrogens with zero attached hydrogens (tertiary/aromatic N) is 5. The molecule has 2 aromatic heterocycles. The van der Waals surface area contributed by atoms with Crippen LogP contribution in [0, 0.1) is 17.1 Å². The number of halogens is 1. The summed E-state index contributed by atoms with van der Waals surface area (Å²) in [5, 5.41) is 9.60. The van der Waals surface area contributed by atoms with Gasteiger partial charge in [-0.2, -0.15) is 5.26 Å². The van der Waals surface area contributed by atoms with Crippen molar-refractivity contribution < 1.29 is 4.39 Å². The predicted octanol–water partition coefficient (Wildman–Crippen LogP) is 2.79. The van der Waals surface area contributed by atoms with Crippen LogP contribution in [0.3, 0.4) is 0 Å². The Morgan fingerprint density at radius 1 is 1.16 bits per heavy atom. The maximum atomic E-state index is 13.4. The Kier molecular flexibility index (Phi) is 5.12. The SMILES string of the molecule is N#Cc1ncccc1N1CCN(C2CCC(c3nc4ccc(F)cc4c(=O)[nH]3)C2)CC1. The van der Waals surface area contributed by atoms with E-state index >= 15 is 0 Å². The van der Waals surface area contributed by atoms with Crippen molar-refractivity contribution in [2.24, 2.45) is 0 Å². The van der Waals surface area contributed by atoms with Gasteiger partial charge in [0.05, 0.1) is 16.6 Å². The van der Waals surface area contributed by atoms with Gasteiger partial charge in [0.25, 0.3) is 5.56 Å². The van der Waals surface area contributed by atoms with Crippen LogP contribution < -0.4 is 10.5 Å². The molecule has 1 aliphatic heterocycles. The second-order valence-corrected chi connectivity index (χ2v) is 8.28. The Balaban J connectivity index is 1.26. The molecule has 1 aliphatic carbocycles. The van der Waals surface area contributed by atoms with E-state index in [2.05, 4.69) is 30.8 Å². The minimum Gasteiger partial charge on any atom is -0.367 e. The standard InChI is InChI=1S/C23H23FN6O/c24-16-4-6-19-18(13-16)23(31)28-22(27-19)15-3-5-17(12-15)29-8-10-30(11-9-29)21-2-1-7-26-20(21)14-25/h1-2,4,6-7,13,15,17H,3,5,8-12H2,(H,27,28,31). The summed E-state index contributed by atoms with van der Waals surface area (Å²) in [5.74, 6) is 0.480. The zero-order valence-electron chi connectivity index (χ0n) is 17.1. The minimum absolute atomic E-state index is 0.202. The van der Waals surface area contributed by atoms with Crippen molar-refractivity contribution in [3.8, 4) is 6.07 Å². The van der Waals surface area contributed by atoms with Gasteiger partial charge < -0.3 is 9.88 Å². The molecule has 1 aromatic carbocycles. The maximum absolute atomic E-state index is 13.4. The summed E-state index contributed by atoms with van der Waals surface area (Å²) in [4.78, 5) is 28.8. The summed E-state index contributed by atoms with van der Waals surface area (Å²) >= 11 is 0. The summed E-state index contributed by atoms with van der Waals surface area (Å²) in [7, 11) is 0. The molecule has 2 aliphatic rings. The van der Waals surface area contributed by atoms with Crippen LogP contribution in [0.5, 0.6) is 0 Å². The van der Waals surface area contributed by atoms with Gasteiger partial charge in [-0.05, 0) is 49.6 Å². The first kappa shape index (κ1) is 19.6. The fourth-order valence-corrected chi connectivity index (χ4v) is 4.93. The molecule has 31 heavy (non-hydrogen) atoms. The Bertz CT molecular complexity index is 1210. The largest absolute Gasteiger partial charge is 0.367 e. The molecule has 5 rings (SSSR count). The first-order chi connectivity index (χ1) is 15.1. The Hall–Kier alpha value is -3.31. The molecular weight excluding hydrogens is 395 g/mol. The van der Waals surface area contributed by atoms with E-state index in [0.29, 0.717) is 28.5 Å². The quantitative estimate of drug-likeness (QED) is 0.704. The monoisotopic (exact) mass is 418 g/mol. The van der Waals surface area contributed by atoms with Gasteiger partial charge in [0, 0.05) is 44.3 Å². The number of pyridine rings is 1. The minimum atomic E-state index is -0.430. The highest BCUT2D eigenvalue weighted by Crippen LogP contribution is 2.36. The average Bonchev–Trinajstić information content (AvgIpc) is 3.30. The zero-order valence-corrected chi connectivity index (χ0v) is 17.1. The van der Waals surface area contributed by atoms with Crippen LogP contribution in [-0.4, -0.2) is 52.1 Å². The van der Waals surface area contributed by atoms with E-state index in [-0.39, 0.29) is 11.5 Å². The number of H-pyrrole nitrogens is 1. The number of benzene rings is 1. The third-order valence-corrected chi connectivity index (χ3v) is 6.54. The van der Waals surface area contributed by atoms with E-state index in [4.69, 9.17) is 0 Å². The van der Waals surface area contributed by atoms with Crippen LogP contribution in [0.25, 0.3) is 10.9 Å². The van der Waals surface area contributed by atoms with Gasteiger partial charge >= 0.3 is 0 Å². The number of piperazine rings is 1. The van der Waals surface area contributed by atoms with Crippen molar-refractivity contribution >= 4 is 16.6 Å². The van der Waals surface area contributed by atoms with Crippen molar-refractivity contribution in [2.75, 3.05) is 31.1 Å². The summed E-state index contributed by atoms with van der Waals surface area (Å²) in [6, 6.07) is 10.6. The molecule has 1 N–H and O–H groups in total. The van der Waals surface area contributed by atoms with Gasteiger partial charge in [-0.15, -0.1) is 0 Å². The maximum Gasteiger partial charge on any atom is 0.258 e. The summed E-state index contributed by atoms with van der Waals surface area (Å²) < 4.78 is 13.4. The lowest BCUT2D eigenvalue weighted by Gasteiger charge is -2.39. The fourth-order valence-electron chi connectivity index (χ4n) is 4.93. The molecule has 2 atom stereocenters. The molecule has 0 radical (unpaired) electrons. The number of nitrogens with one attached hydrogen (secondary N) is 1. The molecule has 158 valence electrons. The van der Waals surface area contributed by atoms with Crippen molar-refractivity contribution in [2.45, 2.75) is 31.2 Å². The first-order valence-electron chi connectivity index (χ1n) is 10.7. The second kappa shape index (κ2) is 8.08. The topological polar surface area (TPSA) is 88.9 Å². The Morgan fingerprint density at radius 2 is 2.00 bits per heavy atom. The van der Waals surface area contributed by atoms with E-state index < -0.39 is 5.82 Å². The number of fused-ring (bicyclic) bond motifs is 1. The molecule has 3 heterocycles. The first-order valence-corrected chi connectivity index (χ1v) is 10.7. The van der Waals surface area contributed by atoms with E-state index in [0.717, 1.165) is 51.1 Å². The Morgan fingerprint density at radius 3 is 2.81 bits per heavy atom.